The molecule has 1 aromatic rings. The number of halogens is 2. The summed E-state index contributed by atoms with van der Waals surface area (Å²) in [5.41, 5.74) is -1.12. The van der Waals surface area contributed by atoms with Crippen molar-refractivity contribution in [2.24, 2.45) is 0 Å². The number of carbonyl (C=O) groups is 2. The van der Waals surface area contributed by atoms with E-state index in [2.05, 4.69) is 4.98 Å². The Hall–Kier alpha value is -1.33. The number of carboxylic acid groups (broad SMARTS) is 1. The van der Waals surface area contributed by atoms with E-state index in [0.717, 1.165) is 0 Å². The van der Waals surface area contributed by atoms with Gasteiger partial charge in [0.1, 0.15) is 10.7 Å². The molecule has 1 aromatic heterocycles. The lowest BCUT2D eigenvalue weighted by Crippen LogP contribution is -2.52. The number of pyridine rings is 1. The molecule has 0 fully saturated rings. The number of aromatic nitrogens is 1. The second-order valence-corrected chi connectivity index (χ2v) is 5.18. The fourth-order valence-corrected chi connectivity index (χ4v) is 1.87. The van der Waals surface area contributed by atoms with Crippen molar-refractivity contribution in [2.75, 3.05) is 6.54 Å². The molecule has 19 heavy (non-hydrogen) atoms. The largest absolute Gasteiger partial charge is 0.480 e. The second kappa shape index (κ2) is 5.75. The molecule has 104 valence electrons. The topological polar surface area (TPSA) is 70.5 Å². The highest BCUT2D eigenvalue weighted by Crippen LogP contribution is 2.23. The van der Waals surface area contributed by atoms with Gasteiger partial charge < -0.3 is 10.0 Å². The molecule has 5 nitrogen and oxygen atoms in total. The number of hydrogen-bond acceptors (Lipinski definition) is 3. The number of amides is 1. The maximum atomic E-state index is 12.3. The molecule has 0 aliphatic heterocycles. The maximum Gasteiger partial charge on any atom is 0.329 e. The Morgan fingerprint density at radius 1 is 1.42 bits per heavy atom. The maximum absolute atomic E-state index is 12.3. The Labute approximate surface area is 121 Å². The zero-order chi connectivity index (χ0) is 14.8. The quantitative estimate of drug-likeness (QED) is 0.868. The Morgan fingerprint density at radius 3 is 2.42 bits per heavy atom. The summed E-state index contributed by atoms with van der Waals surface area (Å²) in [4.78, 5) is 28.5. The van der Waals surface area contributed by atoms with Crippen LogP contribution >= 0.6 is 23.2 Å². The van der Waals surface area contributed by atoms with Crippen LogP contribution in [0.2, 0.25) is 10.2 Å². The van der Waals surface area contributed by atoms with Gasteiger partial charge in [-0.05, 0) is 26.8 Å². The molecular weight excluding hydrogens is 291 g/mol. The minimum Gasteiger partial charge on any atom is -0.480 e. The Morgan fingerprint density at radius 2 is 2.00 bits per heavy atom. The van der Waals surface area contributed by atoms with Crippen molar-refractivity contribution in [3.63, 3.8) is 0 Å². The second-order valence-electron chi connectivity index (χ2n) is 4.41. The first kappa shape index (κ1) is 15.7. The van der Waals surface area contributed by atoms with Gasteiger partial charge in [-0.15, -0.1) is 0 Å². The molecule has 0 bridgehead atoms. The van der Waals surface area contributed by atoms with E-state index in [1.165, 1.54) is 31.0 Å². The highest BCUT2D eigenvalue weighted by atomic mass is 35.5. The Bertz CT molecular complexity index is 518. The number of carbonyl (C=O) groups excluding carboxylic acids is 1. The Balaban J connectivity index is 3.15. The van der Waals surface area contributed by atoms with Crippen LogP contribution in [-0.2, 0) is 4.79 Å². The van der Waals surface area contributed by atoms with Crippen molar-refractivity contribution >= 4 is 35.1 Å². The van der Waals surface area contributed by atoms with Gasteiger partial charge in [0, 0.05) is 12.7 Å². The molecule has 0 saturated carbocycles. The van der Waals surface area contributed by atoms with Gasteiger partial charge >= 0.3 is 5.97 Å². The van der Waals surface area contributed by atoms with Crippen molar-refractivity contribution in [1.82, 2.24) is 9.88 Å². The van der Waals surface area contributed by atoms with Crippen LogP contribution in [0.25, 0.3) is 0 Å². The van der Waals surface area contributed by atoms with E-state index in [1.807, 2.05) is 0 Å². The van der Waals surface area contributed by atoms with E-state index in [-0.39, 0.29) is 22.3 Å². The van der Waals surface area contributed by atoms with Gasteiger partial charge in [-0.2, -0.15) is 0 Å². The van der Waals surface area contributed by atoms with Crippen LogP contribution in [0.15, 0.2) is 12.3 Å². The summed E-state index contributed by atoms with van der Waals surface area (Å²) in [6.07, 6.45) is 1.27. The third-order valence-corrected chi connectivity index (χ3v) is 3.49. The van der Waals surface area contributed by atoms with Gasteiger partial charge in [0.05, 0.1) is 10.6 Å². The van der Waals surface area contributed by atoms with Gasteiger partial charge in [-0.3, -0.25) is 4.79 Å². The van der Waals surface area contributed by atoms with Gasteiger partial charge in [-0.1, -0.05) is 23.2 Å². The lowest BCUT2D eigenvalue weighted by atomic mass is 10.0. The van der Waals surface area contributed by atoms with Crippen LogP contribution in [0.1, 0.15) is 31.1 Å². The van der Waals surface area contributed by atoms with Crippen LogP contribution in [-0.4, -0.2) is 39.0 Å². The number of hydrogen-bond donors (Lipinski definition) is 1. The summed E-state index contributed by atoms with van der Waals surface area (Å²) in [7, 11) is 0. The third-order valence-electron chi connectivity index (χ3n) is 2.80. The van der Waals surface area contributed by atoms with Gasteiger partial charge in [0.25, 0.3) is 5.91 Å². The van der Waals surface area contributed by atoms with Crippen molar-refractivity contribution < 1.29 is 14.7 Å². The fourth-order valence-electron chi connectivity index (χ4n) is 1.60. The highest BCUT2D eigenvalue weighted by Gasteiger charge is 2.37. The SMILES string of the molecule is CCN(C(=O)c1cnc(Cl)c(Cl)c1)C(C)(C)C(=O)O. The first-order valence-corrected chi connectivity index (χ1v) is 6.33. The third kappa shape index (κ3) is 3.16. The summed E-state index contributed by atoms with van der Waals surface area (Å²) in [6, 6.07) is 1.37. The smallest absolute Gasteiger partial charge is 0.329 e. The molecule has 0 aliphatic rings. The van der Waals surface area contributed by atoms with E-state index in [0.29, 0.717) is 0 Å². The lowest BCUT2D eigenvalue weighted by molar-refractivity contribution is -0.147. The number of likely N-dealkylation sites (N-methyl/N-ethyl adjacent to an activating group) is 1. The van der Waals surface area contributed by atoms with Crippen LogP contribution in [0.4, 0.5) is 0 Å². The zero-order valence-electron chi connectivity index (χ0n) is 10.8. The minimum absolute atomic E-state index is 0.0961. The number of carboxylic acids is 1. The first-order chi connectivity index (χ1) is 8.71. The monoisotopic (exact) mass is 304 g/mol. The van der Waals surface area contributed by atoms with Crippen LogP contribution < -0.4 is 0 Å². The molecule has 0 aliphatic carbocycles. The van der Waals surface area contributed by atoms with Crippen LogP contribution in [0.5, 0.6) is 0 Å². The van der Waals surface area contributed by atoms with Crippen LogP contribution in [0, 0.1) is 0 Å². The summed E-state index contributed by atoms with van der Waals surface area (Å²) in [5, 5.41) is 9.43. The summed E-state index contributed by atoms with van der Waals surface area (Å²) in [6.45, 7) is 4.87. The normalized spacial score (nSPS) is 11.2. The van der Waals surface area contributed by atoms with Gasteiger partial charge in [-0.25, -0.2) is 9.78 Å². The van der Waals surface area contributed by atoms with Crippen molar-refractivity contribution in [3.8, 4) is 0 Å². The molecular formula is C12H14Cl2N2O3. The van der Waals surface area contributed by atoms with E-state index >= 15 is 0 Å². The first-order valence-electron chi connectivity index (χ1n) is 5.58. The standard InChI is InChI=1S/C12H14Cl2N2O3/c1-4-16(12(2,3)11(18)19)10(17)7-5-8(13)9(14)15-6-7/h5-6H,4H2,1-3H3,(H,18,19). The molecule has 0 saturated heterocycles. The molecule has 0 unspecified atom stereocenters. The van der Waals surface area contributed by atoms with Gasteiger partial charge in [0.15, 0.2) is 0 Å². The Kier molecular flexibility index (Phi) is 4.76. The van der Waals surface area contributed by atoms with Gasteiger partial charge in [0.2, 0.25) is 0 Å². The summed E-state index contributed by atoms with van der Waals surface area (Å²) < 4.78 is 0. The zero-order valence-corrected chi connectivity index (χ0v) is 12.3. The van der Waals surface area contributed by atoms with E-state index in [1.54, 1.807) is 6.92 Å². The number of rotatable bonds is 4. The molecule has 0 aromatic carbocycles. The minimum atomic E-state index is -1.32. The molecule has 0 radical (unpaired) electrons. The molecule has 1 N–H and O–H groups in total. The van der Waals surface area contributed by atoms with E-state index in [4.69, 9.17) is 23.2 Å². The average Bonchev–Trinajstić information content (AvgIpc) is 2.32. The summed E-state index contributed by atoms with van der Waals surface area (Å²) >= 11 is 11.5. The van der Waals surface area contributed by atoms with Crippen LogP contribution in [0.3, 0.4) is 0 Å². The predicted molar refractivity (Wildman–Crippen MR) is 72.7 cm³/mol. The molecule has 7 heteroatoms. The molecule has 0 spiro atoms. The van der Waals surface area contributed by atoms with Crippen molar-refractivity contribution in [1.29, 1.82) is 0 Å². The number of aliphatic carboxylic acids is 1. The highest BCUT2D eigenvalue weighted by molar-refractivity contribution is 6.41. The molecule has 1 heterocycles. The summed E-state index contributed by atoms with van der Waals surface area (Å²) in [5.74, 6) is -1.54. The van der Waals surface area contributed by atoms with Crippen molar-refractivity contribution in [2.45, 2.75) is 26.3 Å². The predicted octanol–water partition coefficient (Wildman–Crippen LogP) is 2.71. The fraction of sp³-hybridized carbons (Fsp3) is 0.417. The van der Waals surface area contributed by atoms with E-state index < -0.39 is 17.4 Å². The van der Waals surface area contributed by atoms with Crippen molar-refractivity contribution in [3.05, 3.63) is 28.0 Å². The lowest BCUT2D eigenvalue weighted by Gasteiger charge is -2.34. The average molecular weight is 305 g/mol. The molecule has 1 rings (SSSR count). The number of nitrogens with zero attached hydrogens (tertiary/aromatic N) is 2. The van der Waals surface area contributed by atoms with E-state index in [9.17, 15) is 14.7 Å². The molecule has 1 amide bonds. The molecule has 0 atom stereocenters.